The molecule has 0 bridgehead atoms. The van der Waals surface area contributed by atoms with Crippen LogP contribution in [0.15, 0.2) is 41.3 Å². The Hall–Kier alpha value is -3.00. The number of fused-ring (bicyclic) bond motifs is 1. The van der Waals surface area contributed by atoms with Crippen LogP contribution in [0.5, 0.6) is 0 Å². The average molecular weight is 373 g/mol. The molecule has 0 spiro atoms. The first kappa shape index (κ1) is 17.8. The highest BCUT2D eigenvalue weighted by Gasteiger charge is 2.39. The smallest absolute Gasteiger partial charge is 0.324 e. The molecular weight excluding hydrogens is 358 g/mol. The standard InChI is InChI=1S/C18H15NO6S/c1-10-8-12(26(3,23)24)9-15(11(10)2)18(22)25-19-16(20)13-6-4-5-7-14(13)17(19)21/h4-9H,1-3H3. The summed E-state index contributed by atoms with van der Waals surface area (Å²) < 4.78 is 23.6. The minimum atomic E-state index is -3.55. The van der Waals surface area contributed by atoms with Crippen LogP contribution in [0.3, 0.4) is 0 Å². The van der Waals surface area contributed by atoms with E-state index in [0.717, 1.165) is 6.26 Å². The predicted octanol–water partition coefficient (Wildman–Crippen LogP) is 2.07. The van der Waals surface area contributed by atoms with Crippen LogP contribution in [0.2, 0.25) is 0 Å². The van der Waals surface area contributed by atoms with E-state index >= 15 is 0 Å². The summed E-state index contributed by atoms with van der Waals surface area (Å²) in [6.07, 6.45) is 1.02. The van der Waals surface area contributed by atoms with Crippen molar-refractivity contribution in [3.05, 3.63) is 64.2 Å². The molecule has 134 valence electrons. The molecule has 0 N–H and O–H groups in total. The fourth-order valence-electron chi connectivity index (χ4n) is 2.63. The van der Waals surface area contributed by atoms with Crippen molar-refractivity contribution < 1.29 is 27.6 Å². The first-order chi connectivity index (χ1) is 12.1. The Balaban J connectivity index is 1.96. The largest absolute Gasteiger partial charge is 0.364 e. The van der Waals surface area contributed by atoms with Gasteiger partial charge in [-0.1, -0.05) is 17.2 Å². The second-order valence-corrected chi connectivity index (χ2v) is 8.03. The Morgan fingerprint density at radius 1 is 1.00 bits per heavy atom. The summed E-state index contributed by atoms with van der Waals surface area (Å²) >= 11 is 0. The van der Waals surface area contributed by atoms with E-state index in [2.05, 4.69) is 0 Å². The van der Waals surface area contributed by atoms with E-state index in [9.17, 15) is 22.8 Å². The third-order valence-corrected chi connectivity index (χ3v) is 5.31. The lowest BCUT2D eigenvalue weighted by Crippen LogP contribution is -2.33. The number of hydroxylamine groups is 2. The number of amides is 2. The fraction of sp³-hybridized carbons (Fsp3) is 0.167. The van der Waals surface area contributed by atoms with Crippen molar-refractivity contribution in [1.82, 2.24) is 5.06 Å². The zero-order chi connectivity index (χ0) is 19.2. The number of rotatable bonds is 3. The molecule has 8 heteroatoms. The first-order valence-corrected chi connectivity index (χ1v) is 9.52. The molecule has 0 aliphatic carbocycles. The summed E-state index contributed by atoms with van der Waals surface area (Å²) in [5, 5.41) is 0.398. The zero-order valence-corrected chi connectivity index (χ0v) is 15.1. The van der Waals surface area contributed by atoms with Gasteiger partial charge in [-0.2, -0.15) is 0 Å². The average Bonchev–Trinajstić information content (AvgIpc) is 2.81. The van der Waals surface area contributed by atoms with Crippen molar-refractivity contribution in [2.24, 2.45) is 0 Å². The topological polar surface area (TPSA) is 97.8 Å². The lowest BCUT2D eigenvalue weighted by molar-refractivity contribution is -0.0585. The number of benzene rings is 2. The van der Waals surface area contributed by atoms with Gasteiger partial charge >= 0.3 is 5.97 Å². The molecule has 1 aliphatic rings. The van der Waals surface area contributed by atoms with E-state index in [0.29, 0.717) is 16.2 Å². The summed E-state index contributed by atoms with van der Waals surface area (Å²) in [7, 11) is -3.55. The van der Waals surface area contributed by atoms with Gasteiger partial charge in [0, 0.05) is 6.26 Å². The Kier molecular flexibility index (Phi) is 4.15. The molecule has 0 saturated heterocycles. The normalized spacial score (nSPS) is 13.7. The summed E-state index contributed by atoms with van der Waals surface area (Å²) in [5.74, 6) is -2.47. The number of carbonyl (C=O) groups excluding carboxylic acids is 3. The highest BCUT2D eigenvalue weighted by molar-refractivity contribution is 7.90. The van der Waals surface area contributed by atoms with Crippen molar-refractivity contribution >= 4 is 27.6 Å². The number of imide groups is 1. The molecule has 3 rings (SSSR count). The molecule has 1 heterocycles. The van der Waals surface area contributed by atoms with Crippen molar-refractivity contribution in [3.63, 3.8) is 0 Å². The molecule has 2 aromatic rings. The van der Waals surface area contributed by atoms with Crippen LogP contribution in [-0.2, 0) is 14.7 Å². The van der Waals surface area contributed by atoms with Gasteiger partial charge in [-0.3, -0.25) is 9.59 Å². The van der Waals surface area contributed by atoms with E-state index in [1.807, 2.05) is 0 Å². The summed E-state index contributed by atoms with van der Waals surface area (Å²) in [6.45, 7) is 3.28. The van der Waals surface area contributed by atoms with Gasteiger partial charge in [0.05, 0.1) is 21.6 Å². The highest BCUT2D eigenvalue weighted by atomic mass is 32.2. The van der Waals surface area contributed by atoms with Gasteiger partial charge in [0.25, 0.3) is 11.8 Å². The van der Waals surface area contributed by atoms with Gasteiger partial charge in [0.2, 0.25) is 0 Å². The number of hydrogen-bond acceptors (Lipinski definition) is 6. The van der Waals surface area contributed by atoms with Crippen molar-refractivity contribution in [1.29, 1.82) is 0 Å². The van der Waals surface area contributed by atoms with Gasteiger partial charge in [0.15, 0.2) is 9.84 Å². The van der Waals surface area contributed by atoms with Crippen LogP contribution < -0.4 is 0 Å². The number of sulfone groups is 1. The molecule has 0 radical (unpaired) electrons. The number of aryl methyl sites for hydroxylation is 1. The third kappa shape index (κ3) is 2.88. The molecular formula is C18H15NO6S. The van der Waals surface area contributed by atoms with E-state index in [1.54, 1.807) is 26.0 Å². The highest BCUT2D eigenvalue weighted by Crippen LogP contribution is 2.25. The molecule has 0 atom stereocenters. The molecule has 0 aromatic heterocycles. The molecule has 0 saturated carbocycles. The molecule has 1 aliphatic heterocycles. The minimum absolute atomic E-state index is 0.0259. The zero-order valence-electron chi connectivity index (χ0n) is 14.3. The maximum atomic E-state index is 12.5. The molecule has 2 amide bonds. The van der Waals surface area contributed by atoms with Gasteiger partial charge in [-0.05, 0) is 49.2 Å². The van der Waals surface area contributed by atoms with Gasteiger partial charge < -0.3 is 4.84 Å². The SMILES string of the molecule is Cc1cc(S(C)(=O)=O)cc(C(=O)ON2C(=O)c3ccccc3C2=O)c1C. The first-order valence-electron chi connectivity index (χ1n) is 7.62. The number of nitrogens with zero attached hydrogens (tertiary/aromatic N) is 1. The summed E-state index contributed by atoms with van der Waals surface area (Å²) in [5.41, 5.74) is 1.33. The predicted molar refractivity (Wildman–Crippen MR) is 91.4 cm³/mol. The second-order valence-electron chi connectivity index (χ2n) is 6.01. The molecule has 7 nitrogen and oxygen atoms in total. The van der Waals surface area contributed by atoms with Crippen LogP contribution in [0.25, 0.3) is 0 Å². The Labute approximate surface area is 150 Å². The van der Waals surface area contributed by atoms with Gasteiger partial charge in [-0.15, -0.1) is 0 Å². The number of hydrogen-bond donors (Lipinski definition) is 0. The van der Waals surface area contributed by atoms with Crippen LogP contribution in [-0.4, -0.2) is 37.5 Å². The monoisotopic (exact) mass is 373 g/mol. The molecule has 0 fully saturated rings. The third-order valence-electron chi connectivity index (χ3n) is 4.22. The maximum Gasteiger partial charge on any atom is 0.364 e. The Morgan fingerprint density at radius 2 is 1.54 bits per heavy atom. The quantitative estimate of drug-likeness (QED) is 0.764. The lowest BCUT2D eigenvalue weighted by Gasteiger charge is -2.15. The molecule has 2 aromatic carbocycles. The second kappa shape index (κ2) is 6.06. The Bertz CT molecular complexity index is 1040. The van der Waals surface area contributed by atoms with Crippen molar-refractivity contribution in [3.8, 4) is 0 Å². The Morgan fingerprint density at radius 3 is 2.04 bits per heavy atom. The summed E-state index contributed by atoms with van der Waals surface area (Å²) in [4.78, 5) is 42.1. The lowest BCUT2D eigenvalue weighted by atomic mass is 10.0. The molecule has 26 heavy (non-hydrogen) atoms. The molecule has 0 unspecified atom stereocenters. The fourth-order valence-corrected chi connectivity index (χ4v) is 3.36. The number of carbonyl (C=O) groups is 3. The maximum absolute atomic E-state index is 12.5. The van der Waals surface area contributed by atoms with E-state index < -0.39 is 27.6 Å². The van der Waals surface area contributed by atoms with E-state index in [1.165, 1.54) is 24.3 Å². The van der Waals surface area contributed by atoms with Crippen molar-refractivity contribution in [2.45, 2.75) is 18.7 Å². The van der Waals surface area contributed by atoms with Crippen LogP contribution in [0.1, 0.15) is 42.2 Å². The van der Waals surface area contributed by atoms with Crippen LogP contribution in [0, 0.1) is 13.8 Å². The van der Waals surface area contributed by atoms with Crippen LogP contribution in [0.4, 0.5) is 0 Å². The minimum Gasteiger partial charge on any atom is -0.324 e. The van der Waals surface area contributed by atoms with E-state index in [4.69, 9.17) is 4.84 Å². The van der Waals surface area contributed by atoms with Crippen LogP contribution >= 0.6 is 0 Å². The van der Waals surface area contributed by atoms with Crippen molar-refractivity contribution in [2.75, 3.05) is 6.26 Å². The van der Waals surface area contributed by atoms with Gasteiger partial charge in [0.1, 0.15) is 0 Å². The van der Waals surface area contributed by atoms with Gasteiger partial charge in [-0.25, -0.2) is 13.2 Å². The van der Waals surface area contributed by atoms with E-state index in [-0.39, 0.29) is 21.6 Å². The summed E-state index contributed by atoms with van der Waals surface area (Å²) in [6, 6.07) is 8.74.